The highest BCUT2D eigenvalue weighted by Gasteiger charge is 2.33. The fraction of sp³-hybridized carbons (Fsp3) is 0.423. The van der Waals surface area contributed by atoms with Gasteiger partial charge in [-0.25, -0.2) is 9.59 Å². The maximum Gasteiger partial charge on any atom is 0.407 e. The molecule has 0 bridgehead atoms. The number of alkyl carbamates (subject to hydrolysis) is 1. The molecule has 1 unspecified atom stereocenters. The van der Waals surface area contributed by atoms with E-state index in [0.717, 1.165) is 28.7 Å². The van der Waals surface area contributed by atoms with Gasteiger partial charge in [-0.05, 0) is 42.5 Å². The number of fused-ring (bicyclic) bond motifs is 3. The lowest BCUT2D eigenvalue weighted by Crippen LogP contribution is -2.50. The Labute approximate surface area is 194 Å². The third-order valence-corrected chi connectivity index (χ3v) is 6.08. The summed E-state index contributed by atoms with van der Waals surface area (Å²) in [5.74, 6) is -1.53. The van der Waals surface area contributed by atoms with E-state index in [1.54, 1.807) is 13.8 Å². The van der Waals surface area contributed by atoms with Gasteiger partial charge in [0.1, 0.15) is 12.6 Å². The topological polar surface area (TPSA) is 105 Å². The molecular weight excluding hydrogens is 420 g/mol. The van der Waals surface area contributed by atoms with E-state index in [1.165, 1.54) is 0 Å². The number of aliphatic carboxylic acids is 1. The smallest absolute Gasteiger partial charge is 0.407 e. The van der Waals surface area contributed by atoms with Crippen LogP contribution >= 0.6 is 0 Å². The molecule has 1 aliphatic carbocycles. The number of ether oxygens (including phenoxy) is 1. The van der Waals surface area contributed by atoms with Crippen molar-refractivity contribution < 1.29 is 24.2 Å². The number of carbonyl (C=O) groups excluding carboxylic acids is 2. The molecule has 2 amide bonds. The molecule has 176 valence electrons. The molecule has 0 saturated carbocycles. The Morgan fingerprint density at radius 2 is 1.61 bits per heavy atom. The van der Waals surface area contributed by atoms with Crippen LogP contribution in [0.5, 0.6) is 0 Å². The van der Waals surface area contributed by atoms with Crippen LogP contribution in [0.25, 0.3) is 11.1 Å². The van der Waals surface area contributed by atoms with Crippen LogP contribution in [-0.4, -0.2) is 42.3 Å². The molecule has 0 radical (unpaired) electrons. The molecule has 33 heavy (non-hydrogen) atoms. The van der Waals surface area contributed by atoms with Gasteiger partial charge < -0.3 is 20.5 Å². The molecule has 0 heterocycles. The summed E-state index contributed by atoms with van der Waals surface area (Å²) in [5, 5.41) is 14.6. The number of rotatable bonds is 10. The largest absolute Gasteiger partial charge is 0.480 e. The Balaban J connectivity index is 1.55. The van der Waals surface area contributed by atoms with E-state index >= 15 is 0 Å². The first-order chi connectivity index (χ1) is 15.7. The number of amides is 2. The highest BCUT2D eigenvalue weighted by atomic mass is 16.5. The van der Waals surface area contributed by atoms with Crippen molar-refractivity contribution in [2.24, 2.45) is 5.41 Å². The third-order valence-electron chi connectivity index (χ3n) is 6.08. The number of hydrogen-bond donors (Lipinski definition) is 3. The highest BCUT2D eigenvalue weighted by Crippen LogP contribution is 2.44. The zero-order chi connectivity index (χ0) is 24.0. The van der Waals surface area contributed by atoms with Crippen LogP contribution < -0.4 is 10.6 Å². The second-order valence-corrected chi connectivity index (χ2v) is 9.07. The van der Waals surface area contributed by atoms with E-state index in [1.807, 2.05) is 43.3 Å². The maximum absolute atomic E-state index is 12.6. The van der Waals surface area contributed by atoms with Gasteiger partial charge in [0.25, 0.3) is 0 Å². The van der Waals surface area contributed by atoms with Gasteiger partial charge in [0.15, 0.2) is 0 Å². The minimum Gasteiger partial charge on any atom is -0.480 e. The molecule has 7 heteroatoms. The lowest BCUT2D eigenvalue weighted by atomic mass is 9.91. The summed E-state index contributed by atoms with van der Waals surface area (Å²) in [4.78, 5) is 36.5. The number of benzene rings is 2. The fourth-order valence-corrected chi connectivity index (χ4v) is 4.04. The Kier molecular flexibility index (Phi) is 7.74. The number of nitrogens with one attached hydrogen (secondary N) is 2. The van der Waals surface area contributed by atoms with Crippen LogP contribution in [0.2, 0.25) is 0 Å². The quantitative estimate of drug-likeness (QED) is 0.498. The molecule has 3 N–H and O–H groups in total. The van der Waals surface area contributed by atoms with Crippen molar-refractivity contribution in [2.75, 3.05) is 13.2 Å². The van der Waals surface area contributed by atoms with Gasteiger partial charge in [0.2, 0.25) is 5.91 Å². The molecule has 3 rings (SSSR count). The van der Waals surface area contributed by atoms with E-state index < -0.39 is 29.4 Å². The van der Waals surface area contributed by atoms with Gasteiger partial charge in [0.05, 0.1) is 5.41 Å². The monoisotopic (exact) mass is 452 g/mol. The number of carboxylic acids is 1. The van der Waals surface area contributed by atoms with Crippen molar-refractivity contribution in [1.29, 1.82) is 0 Å². The van der Waals surface area contributed by atoms with Crippen molar-refractivity contribution in [3.05, 3.63) is 59.7 Å². The van der Waals surface area contributed by atoms with Gasteiger partial charge in [-0.15, -0.1) is 0 Å². The minimum absolute atomic E-state index is 0.0234. The van der Waals surface area contributed by atoms with Gasteiger partial charge >= 0.3 is 12.1 Å². The lowest BCUT2D eigenvalue weighted by Gasteiger charge is -2.26. The number of hydrogen-bond acceptors (Lipinski definition) is 4. The second kappa shape index (κ2) is 10.5. The van der Waals surface area contributed by atoms with Crippen LogP contribution in [0.4, 0.5) is 4.79 Å². The highest BCUT2D eigenvalue weighted by molar-refractivity contribution is 5.87. The van der Waals surface area contributed by atoms with Crippen LogP contribution in [-0.2, 0) is 14.3 Å². The van der Waals surface area contributed by atoms with Gasteiger partial charge in [-0.2, -0.15) is 0 Å². The van der Waals surface area contributed by atoms with Gasteiger partial charge in [-0.3, -0.25) is 4.79 Å². The van der Waals surface area contributed by atoms with Crippen LogP contribution in [0.1, 0.15) is 57.1 Å². The first kappa shape index (κ1) is 24.3. The Hall–Kier alpha value is -3.35. The summed E-state index contributed by atoms with van der Waals surface area (Å²) >= 11 is 0. The molecular formula is C26H32N2O5. The lowest BCUT2D eigenvalue weighted by molar-refractivity contribution is -0.143. The third kappa shape index (κ3) is 5.72. The van der Waals surface area contributed by atoms with E-state index in [4.69, 9.17) is 4.74 Å². The Bertz CT molecular complexity index is 972. The fourth-order valence-electron chi connectivity index (χ4n) is 4.04. The molecule has 2 aromatic rings. The SMILES string of the molecule is CCCCC(NC(=O)C(C)(C)CNC(=O)OCC1c2ccccc2-c2ccccc21)C(=O)O. The van der Waals surface area contributed by atoms with Crippen LogP contribution in [0.15, 0.2) is 48.5 Å². The average Bonchev–Trinajstić information content (AvgIpc) is 3.12. The van der Waals surface area contributed by atoms with Crippen LogP contribution in [0.3, 0.4) is 0 Å². The molecule has 7 nitrogen and oxygen atoms in total. The predicted octanol–water partition coefficient (Wildman–Crippen LogP) is 4.31. The average molecular weight is 453 g/mol. The number of carboxylic acid groups (broad SMARTS) is 1. The summed E-state index contributed by atoms with van der Waals surface area (Å²) in [7, 11) is 0. The van der Waals surface area contributed by atoms with Crippen molar-refractivity contribution in [3.8, 4) is 11.1 Å². The summed E-state index contributed by atoms with van der Waals surface area (Å²) in [6, 6.07) is 15.2. The maximum atomic E-state index is 12.6. The van der Waals surface area contributed by atoms with E-state index in [9.17, 15) is 19.5 Å². The van der Waals surface area contributed by atoms with Gasteiger partial charge in [0, 0.05) is 12.5 Å². The van der Waals surface area contributed by atoms with Crippen molar-refractivity contribution in [1.82, 2.24) is 10.6 Å². The summed E-state index contributed by atoms with van der Waals surface area (Å²) < 4.78 is 5.51. The Morgan fingerprint density at radius 1 is 1.03 bits per heavy atom. The minimum atomic E-state index is -1.06. The molecule has 0 spiro atoms. The van der Waals surface area contributed by atoms with Crippen molar-refractivity contribution >= 4 is 18.0 Å². The summed E-state index contributed by atoms with van der Waals surface area (Å²) in [6.07, 6.45) is 1.30. The van der Waals surface area contributed by atoms with E-state index in [2.05, 4.69) is 22.8 Å². The first-order valence-electron chi connectivity index (χ1n) is 11.4. The van der Waals surface area contributed by atoms with E-state index in [-0.39, 0.29) is 19.1 Å². The molecule has 2 aromatic carbocycles. The second-order valence-electron chi connectivity index (χ2n) is 9.07. The molecule has 0 aliphatic heterocycles. The molecule has 0 aromatic heterocycles. The first-order valence-corrected chi connectivity index (χ1v) is 11.4. The standard InChI is InChI=1S/C26H32N2O5/c1-4-5-14-22(23(29)30)28-24(31)26(2,3)16-27-25(32)33-15-21-19-12-8-6-10-17(19)18-11-7-9-13-20(18)21/h6-13,21-22H,4-5,14-16H2,1-3H3,(H,27,32)(H,28,31)(H,29,30). The number of carbonyl (C=O) groups is 3. The summed E-state index contributed by atoms with van der Waals surface area (Å²) in [6.45, 7) is 5.48. The summed E-state index contributed by atoms with van der Waals surface area (Å²) in [5.41, 5.74) is 3.55. The predicted molar refractivity (Wildman–Crippen MR) is 126 cm³/mol. The normalized spacial score (nSPS) is 13.5. The number of unbranched alkanes of at least 4 members (excludes halogenated alkanes) is 1. The van der Waals surface area contributed by atoms with Crippen LogP contribution in [0, 0.1) is 5.41 Å². The van der Waals surface area contributed by atoms with Crippen molar-refractivity contribution in [3.63, 3.8) is 0 Å². The molecule has 1 atom stereocenters. The molecule has 0 fully saturated rings. The van der Waals surface area contributed by atoms with Gasteiger partial charge in [-0.1, -0.05) is 68.3 Å². The van der Waals surface area contributed by atoms with Crippen molar-refractivity contribution in [2.45, 2.75) is 52.0 Å². The molecule has 0 saturated heterocycles. The van der Waals surface area contributed by atoms with E-state index in [0.29, 0.717) is 12.8 Å². The zero-order valence-electron chi connectivity index (χ0n) is 19.4. The zero-order valence-corrected chi connectivity index (χ0v) is 19.4. The Morgan fingerprint density at radius 3 is 2.15 bits per heavy atom. The molecule has 1 aliphatic rings.